The Morgan fingerprint density at radius 1 is 1.28 bits per heavy atom. The van der Waals surface area contributed by atoms with Gasteiger partial charge in [0.1, 0.15) is 0 Å². The van der Waals surface area contributed by atoms with Gasteiger partial charge in [-0.15, -0.1) is 0 Å². The number of rotatable bonds is 9. The number of guanidine groups is 1. The number of aliphatic hydroxyl groups excluding tert-OH is 1. The summed E-state index contributed by atoms with van der Waals surface area (Å²) in [5, 5.41) is 13.5. The molecule has 1 fully saturated rings. The second-order valence-corrected chi connectivity index (χ2v) is 9.20. The van der Waals surface area contributed by atoms with Crippen LogP contribution in [-0.4, -0.2) is 91.4 Å². The summed E-state index contributed by atoms with van der Waals surface area (Å²) in [7, 11) is -3.33. The lowest BCUT2D eigenvalue weighted by atomic mass is 10.1. The maximum absolute atomic E-state index is 12.5. The molecule has 2 rings (SSSR count). The van der Waals surface area contributed by atoms with E-state index in [1.165, 1.54) is 4.31 Å². The van der Waals surface area contributed by atoms with Gasteiger partial charge in [-0.3, -0.25) is 9.98 Å². The molecule has 0 radical (unpaired) electrons. The van der Waals surface area contributed by atoms with Crippen LogP contribution in [0, 0.1) is 0 Å². The minimum absolute atomic E-state index is 0.00252. The molecule has 0 saturated carbocycles. The van der Waals surface area contributed by atoms with E-state index < -0.39 is 16.1 Å². The summed E-state index contributed by atoms with van der Waals surface area (Å²) >= 11 is 0. The Morgan fingerprint density at radius 3 is 2.52 bits per heavy atom. The molecule has 9 nitrogen and oxygen atoms in total. The van der Waals surface area contributed by atoms with Gasteiger partial charge in [0, 0.05) is 45.1 Å². The van der Waals surface area contributed by atoms with Crippen LogP contribution in [0.2, 0.25) is 0 Å². The van der Waals surface area contributed by atoms with Crippen LogP contribution in [0.5, 0.6) is 0 Å². The topological polar surface area (TPSA) is 107 Å². The number of aliphatic imine (C=N–C) groups is 1. The molecule has 1 atom stereocenters. The first-order valence-electron chi connectivity index (χ1n) is 10.0. The average Bonchev–Trinajstić information content (AvgIpc) is 2.71. The summed E-state index contributed by atoms with van der Waals surface area (Å²) in [5.41, 5.74) is 0.763. The van der Waals surface area contributed by atoms with E-state index in [1.807, 2.05) is 25.7 Å². The highest BCUT2D eigenvalue weighted by Gasteiger charge is 2.28. The van der Waals surface area contributed by atoms with Crippen LogP contribution in [-0.2, 0) is 14.8 Å². The lowest BCUT2D eigenvalue weighted by Gasteiger charge is -2.36. The van der Waals surface area contributed by atoms with Crippen LogP contribution in [0.4, 0.5) is 0 Å². The molecule has 1 unspecified atom stereocenters. The highest BCUT2D eigenvalue weighted by molar-refractivity contribution is 7.89. The number of ether oxygens (including phenoxy) is 1. The monoisotopic (exact) mass is 427 g/mol. The van der Waals surface area contributed by atoms with Gasteiger partial charge >= 0.3 is 0 Å². The fourth-order valence-corrected chi connectivity index (χ4v) is 4.27. The first-order chi connectivity index (χ1) is 13.8. The van der Waals surface area contributed by atoms with E-state index in [2.05, 4.69) is 15.3 Å². The van der Waals surface area contributed by atoms with Gasteiger partial charge in [-0.25, -0.2) is 8.42 Å². The van der Waals surface area contributed by atoms with Crippen LogP contribution in [0.3, 0.4) is 0 Å². The molecule has 0 aromatic carbocycles. The lowest BCUT2D eigenvalue weighted by Crippen LogP contribution is -2.54. The van der Waals surface area contributed by atoms with Crippen LogP contribution in [0.1, 0.15) is 32.4 Å². The second kappa shape index (κ2) is 11.4. The molecule has 1 saturated heterocycles. The van der Waals surface area contributed by atoms with Crippen molar-refractivity contribution in [2.45, 2.75) is 33.0 Å². The van der Waals surface area contributed by atoms with Gasteiger partial charge in [-0.05, 0) is 38.5 Å². The smallest absolute Gasteiger partial charge is 0.216 e. The van der Waals surface area contributed by atoms with Crippen molar-refractivity contribution in [2.24, 2.45) is 4.99 Å². The first-order valence-corrected chi connectivity index (χ1v) is 11.6. The maximum Gasteiger partial charge on any atom is 0.216 e. The largest absolute Gasteiger partial charge is 0.386 e. The molecule has 2 N–H and O–H groups in total. The summed E-state index contributed by atoms with van der Waals surface area (Å²) in [6.07, 6.45) is 2.58. The van der Waals surface area contributed by atoms with Crippen LogP contribution < -0.4 is 5.32 Å². The zero-order valence-electron chi connectivity index (χ0n) is 17.5. The number of hydrogen-bond donors (Lipinski definition) is 2. The average molecular weight is 428 g/mol. The number of nitrogens with one attached hydrogen (secondary N) is 1. The molecule has 1 aliphatic heterocycles. The highest BCUT2D eigenvalue weighted by atomic mass is 32.2. The Kier molecular flexibility index (Phi) is 9.28. The van der Waals surface area contributed by atoms with E-state index in [0.29, 0.717) is 38.7 Å². The predicted molar refractivity (Wildman–Crippen MR) is 113 cm³/mol. The Bertz CT molecular complexity index is 734. The normalized spacial score (nSPS) is 17.6. The molecule has 1 aliphatic rings. The number of pyridine rings is 1. The van der Waals surface area contributed by atoms with Crippen molar-refractivity contribution in [1.29, 1.82) is 0 Å². The summed E-state index contributed by atoms with van der Waals surface area (Å²) < 4.78 is 31.9. The molecule has 0 spiro atoms. The molecule has 0 aliphatic carbocycles. The van der Waals surface area contributed by atoms with Gasteiger partial charge in [0.25, 0.3) is 0 Å². The van der Waals surface area contributed by atoms with Crippen molar-refractivity contribution >= 4 is 16.0 Å². The van der Waals surface area contributed by atoms with Gasteiger partial charge in [0.05, 0.1) is 31.1 Å². The fraction of sp³-hybridized carbons (Fsp3) is 0.684. The summed E-state index contributed by atoms with van der Waals surface area (Å²) in [6.45, 7) is 8.76. The molecule has 164 valence electrons. The van der Waals surface area contributed by atoms with Gasteiger partial charge in [0.2, 0.25) is 10.0 Å². The summed E-state index contributed by atoms with van der Waals surface area (Å²) in [4.78, 5) is 10.5. The minimum atomic E-state index is -3.33. The summed E-state index contributed by atoms with van der Waals surface area (Å²) in [5.74, 6) is 0.679. The zero-order chi connectivity index (χ0) is 21.3. The minimum Gasteiger partial charge on any atom is -0.386 e. The van der Waals surface area contributed by atoms with E-state index in [-0.39, 0.29) is 25.0 Å². The van der Waals surface area contributed by atoms with Crippen molar-refractivity contribution < 1.29 is 18.3 Å². The standard InChI is InChI=1S/C19H33N5O4S/c1-4-21-19(22-15-18(25)17-5-7-20-8-6-17)23-9-11-24(12-10-23)29(26,27)14-13-28-16(2)3/h5-8,16,18,25H,4,9-15H2,1-3H3,(H,21,22). The molecule has 0 bridgehead atoms. The molecule has 0 amide bonds. The quantitative estimate of drug-likeness (QED) is 0.435. The SMILES string of the molecule is CCNC(=NCC(O)c1ccncc1)N1CCN(S(=O)(=O)CCOC(C)C)CC1. The van der Waals surface area contributed by atoms with Crippen molar-refractivity contribution in [3.05, 3.63) is 30.1 Å². The zero-order valence-corrected chi connectivity index (χ0v) is 18.3. The van der Waals surface area contributed by atoms with Gasteiger partial charge in [0.15, 0.2) is 5.96 Å². The van der Waals surface area contributed by atoms with E-state index in [1.54, 1.807) is 24.5 Å². The lowest BCUT2D eigenvalue weighted by molar-refractivity contribution is 0.0904. The second-order valence-electron chi connectivity index (χ2n) is 7.11. The van der Waals surface area contributed by atoms with Crippen molar-refractivity contribution in [3.8, 4) is 0 Å². The van der Waals surface area contributed by atoms with Crippen molar-refractivity contribution in [2.75, 3.05) is 51.6 Å². The third kappa shape index (κ3) is 7.54. The molecule has 2 heterocycles. The fourth-order valence-electron chi connectivity index (χ4n) is 2.99. The summed E-state index contributed by atoms with van der Waals surface area (Å²) in [6, 6.07) is 3.53. The van der Waals surface area contributed by atoms with E-state index in [4.69, 9.17) is 4.74 Å². The van der Waals surface area contributed by atoms with Crippen molar-refractivity contribution in [1.82, 2.24) is 19.5 Å². The molecule has 1 aromatic heterocycles. The van der Waals surface area contributed by atoms with Crippen LogP contribution >= 0.6 is 0 Å². The van der Waals surface area contributed by atoms with Gasteiger partial charge < -0.3 is 20.1 Å². The number of sulfonamides is 1. The first kappa shape index (κ1) is 23.5. The Morgan fingerprint density at radius 2 is 1.93 bits per heavy atom. The number of hydrogen-bond acceptors (Lipinski definition) is 6. The third-order valence-corrected chi connectivity index (χ3v) is 6.40. The molecule has 10 heteroatoms. The number of piperazine rings is 1. The number of nitrogens with zero attached hydrogens (tertiary/aromatic N) is 4. The van der Waals surface area contributed by atoms with Gasteiger partial charge in [-0.2, -0.15) is 4.31 Å². The molecular weight excluding hydrogens is 394 g/mol. The third-order valence-electron chi connectivity index (χ3n) is 4.56. The predicted octanol–water partition coefficient (Wildman–Crippen LogP) is 0.453. The molecule has 1 aromatic rings. The van der Waals surface area contributed by atoms with E-state index >= 15 is 0 Å². The van der Waals surface area contributed by atoms with Crippen LogP contribution in [0.15, 0.2) is 29.5 Å². The number of aliphatic hydroxyl groups is 1. The molecular formula is C19H33N5O4S. The number of aromatic nitrogens is 1. The van der Waals surface area contributed by atoms with Crippen LogP contribution in [0.25, 0.3) is 0 Å². The Balaban J connectivity index is 1.91. The molecule has 29 heavy (non-hydrogen) atoms. The highest BCUT2D eigenvalue weighted by Crippen LogP contribution is 2.13. The maximum atomic E-state index is 12.5. The van der Waals surface area contributed by atoms with Gasteiger partial charge in [-0.1, -0.05) is 0 Å². The van der Waals surface area contributed by atoms with E-state index in [0.717, 1.165) is 5.56 Å². The Labute approximate surface area is 173 Å². The van der Waals surface area contributed by atoms with Crippen molar-refractivity contribution in [3.63, 3.8) is 0 Å². The Hall–Kier alpha value is -1.75. The van der Waals surface area contributed by atoms with E-state index in [9.17, 15) is 13.5 Å².